The first-order chi connectivity index (χ1) is 19.3. The van der Waals surface area contributed by atoms with Gasteiger partial charge in [-0.2, -0.15) is 13.5 Å². The summed E-state index contributed by atoms with van der Waals surface area (Å²) in [5, 5.41) is 15.3. The van der Waals surface area contributed by atoms with Crippen molar-refractivity contribution in [1.29, 1.82) is 0 Å². The van der Waals surface area contributed by atoms with Crippen LogP contribution >= 0.6 is 11.3 Å². The lowest BCUT2D eigenvalue weighted by atomic mass is 9.74. The normalized spacial score (nSPS) is 18.1. The van der Waals surface area contributed by atoms with Crippen molar-refractivity contribution in [1.82, 2.24) is 10.0 Å². The second-order valence-corrected chi connectivity index (χ2v) is 11.2. The van der Waals surface area contributed by atoms with E-state index in [0.29, 0.717) is 16.4 Å². The van der Waals surface area contributed by atoms with Crippen LogP contribution in [0.4, 0.5) is 5.13 Å². The Labute approximate surface area is 239 Å². The van der Waals surface area contributed by atoms with Crippen LogP contribution in [0, 0.1) is 5.92 Å². The number of aliphatic hydroxyl groups excluding tert-OH is 1. The summed E-state index contributed by atoms with van der Waals surface area (Å²) >= 11 is 1.07. The average molecular weight is 614 g/mol. The molecule has 2 heterocycles. The third kappa shape index (κ3) is 8.18. The molecule has 2 aromatic rings. The van der Waals surface area contributed by atoms with Crippen molar-refractivity contribution in [2.45, 2.75) is 31.8 Å². The van der Waals surface area contributed by atoms with Gasteiger partial charge in [-0.15, -0.1) is 15.6 Å². The maximum Gasteiger partial charge on any atom is 0.418 e. The standard InChI is InChI=1S/C23H31N7O9S2/c1-23(2)16(21(33)30(23)39-41(34,35)36)9-18(32)19(17-12-40-22(26)28-17)29-38-8-7-37-15-5-3-13(4-6-15)20(25)27-14(10-24)11-31/h3-6,12,14,16,31H,7-11,24H2,1-2H3,(H2,25,27)(H2,26,28)(H,34,35,36)/b29-19-/t14-,16-/m1/s1. The fourth-order valence-corrected chi connectivity index (χ4v) is 4.76. The lowest BCUT2D eigenvalue weighted by molar-refractivity contribution is -0.228. The number of nitrogens with zero attached hydrogens (tertiary/aromatic N) is 4. The van der Waals surface area contributed by atoms with Gasteiger partial charge in [0.2, 0.25) is 0 Å². The summed E-state index contributed by atoms with van der Waals surface area (Å²) in [5.74, 6) is -1.66. The van der Waals surface area contributed by atoms with E-state index in [1.807, 2.05) is 0 Å². The van der Waals surface area contributed by atoms with Crippen LogP contribution < -0.4 is 21.9 Å². The van der Waals surface area contributed by atoms with Crippen LogP contribution in [0.2, 0.25) is 0 Å². The highest BCUT2D eigenvalue weighted by molar-refractivity contribution is 7.80. The van der Waals surface area contributed by atoms with Crippen LogP contribution in [0.3, 0.4) is 0 Å². The number of benzene rings is 1. The molecule has 18 heteroatoms. The highest BCUT2D eigenvalue weighted by Gasteiger charge is 2.57. The Morgan fingerprint density at radius 3 is 2.49 bits per heavy atom. The minimum Gasteiger partial charge on any atom is -0.490 e. The van der Waals surface area contributed by atoms with Gasteiger partial charge in [0.15, 0.2) is 23.2 Å². The van der Waals surface area contributed by atoms with Crippen LogP contribution in [-0.2, 0) is 29.1 Å². The number of aromatic nitrogens is 1. The van der Waals surface area contributed by atoms with Gasteiger partial charge in [-0.05, 0) is 38.1 Å². The molecule has 8 N–H and O–H groups in total. The molecule has 1 aliphatic rings. The molecule has 0 spiro atoms. The molecule has 0 radical (unpaired) electrons. The molecule has 1 aromatic carbocycles. The number of aliphatic imine (C=N–C) groups is 1. The van der Waals surface area contributed by atoms with Crippen molar-refractivity contribution in [3.05, 3.63) is 40.9 Å². The number of ether oxygens (including phenoxy) is 1. The van der Waals surface area contributed by atoms with Gasteiger partial charge in [0.25, 0.3) is 5.91 Å². The number of anilines is 1. The van der Waals surface area contributed by atoms with Crippen molar-refractivity contribution < 1.29 is 41.5 Å². The Bertz CT molecular complexity index is 1400. The van der Waals surface area contributed by atoms with Crippen LogP contribution in [0.15, 0.2) is 39.8 Å². The molecule has 1 fully saturated rings. The molecule has 224 valence electrons. The zero-order valence-electron chi connectivity index (χ0n) is 22.2. The molecule has 41 heavy (non-hydrogen) atoms. The number of β-lactam (4-membered cyclic amide) rings is 1. The molecular formula is C23H31N7O9S2. The molecule has 2 atom stereocenters. The Morgan fingerprint density at radius 2 is 1.95 bits per heavy atom. The van der Waals surface area contributed by atoms with Gasteiger partial charge in [-0.1, -0.05) is 5.16 Å². The van der Waals surface area contributed by atoms with Crippen LogP contribution in [0.1, 0.15) is 31.5 Å². The molecule has 16 nitrogen and oxygen atoms in total. The van der Waals surface area contributed by atoms with Crippen molar-refractivity contribution in [2.24, 2.45) is 27.5 Å². The number of oxime groups is 1. The predicted octanol–water partition coefficient (Wildman–Crippen LogP) is -0.519. The fraction of sp³-hybridized carbons (Fsp3) is 0.435. The first-order valence-electron chi connectivity index (χ1n) is 12.1. The Balaban J connectivity index is 1.60. The van der Waals surface area contributed by atoms with Crippen molar-refractivity contribution in [3.8, 4) is 5.75 Å². The van der Waals surface area contributed by atoms with Crippen LogP contribution in [-0.4, -0.2) is 89.3 Å². The first kappa shape index (κ1) is 31.8. The molecular weight excluding hydrogens is 582 g/mol. The number of nitrogen functional groups attached to an aromatic ring is 1. The fourth-order valence-electron chi connectivity index (χ4n) is 3.75. The Kier molecular flexibility index (Phi) is 10.3. The van der Waals surface area contributed by atoms with Crippen molar-refractivity contribution >= 4 is 50.1 Å². The number of amidine groups is 1. The second-order valence-electron chi connectivity index (χ2n) is 9.27. The molecule has 3 rings (SSSR count). The number of hydrogen-bond acceptors (Lipinski definition) is 14. The number of nitrogens with two attached hydrogens (primary N) is 3. The first-order valence-corrected chi connectivity index (χ1v) is 14.3. The summed E-state index contributed by atoms with van der Waals surface area (Å²) < 4.78 is 40.9. The summed E-state index contributed by atoms with van der Waals surface area (Å²) in [6.07, 6.45) is -0.365. The predicted molar refractivity (Wildman–Crippen MR) is 148 cm³/mol. The molecule has 1 amide bonds. The number of thiazole rings is 1. The van der Waals surface area contributed by atoms with Gasteiger partial charge in [0.1, 0.15) is 23.9 Å². The van der Waals surface area contributed by atoms with E-state index in [9.17, 15) is 23.1 Å². The number of hydrogen-bond donors (Lipinski definition) is 5. The Morgan fingerprint density at radius 1 is 1.27 bits per heavy atom. The van der Waals surface area contributed by atoms with E-state index in [-0.39, 0.29) is 55.2 Å². The molecule has 1 saturated heterocycles. The summed E-state index contributed by atoms with van der Waals surface area (Å²) in [6, 6.07) is 6.21. The third-order valence-corrected chi connectivity index (χ3v) is 7.03. The number of Topliss-reactive ketones (excluding diaryl/α,β-unsaturated/α-hetero) is 1. The molecule has 1 aliphatic heterocycles. The SMILES string of the molecule is CC1(C)[C@H](CC(=O)/C(=N\OCCOc2ccc(C(N)=N[C@H](CN)CO)cc2)c2csc(N)n2)C(=O)N1OS(=O)(=O)O. The zero-order valence-corrected chi connectivity index (χ0v) is 23.8. The van der Waals surface area contributed by atoms with E-state index in [1.165, 1.54) is 19.2 Å². The quantitative estimate of drug-likeness (QED) is 0.0424. The van der Waals surface area contributed by atoms with Gasteiger partial charge in [-0.3, -0.25) is 19.1 Å². The average Bonchev–Trinajstić information content (AvgIpc) is 3.35. The molecule has 0 bridgehead atoms. The highest BCUT2D eigenvalue weighted by atomic mass is 32.3. The maximum absolute atomic E-state index is 13.1. The van der Waals surface area contributed by atoms with Gasteiger partial charge in [0, 0.05) is 23.9 Å². The van der Waals surface area contributed by atoms with E-state index < -0.39 is 39.6 Å². The van der Waals surface area contributed by atoms with Gasteiger partial charge in [0.05, 0.1) is 24.1 Å². The van der Waals surface area contributed by atoms with Crippen molar-refractivity contribution in [3.63, 3.8) is 0 Å². The molecule has 0 aliphatic carbocycles. The lowest BCUT2D eigenvalue weighted by Crippen LogP contribution is -2.68. The second kappa shape index (κ2) is 13.3. The number of aliphatic hydroxyl groups is 1. The van der Waals surface area contributed by atoms with E-state index in [2.05, 4.69) is 19.4 Å². The smallest absolute Gasteiger partial charge is 0.418 e. The monoisotopic (exact) mass is 613 g/mol. The minimum absolute atomic E-state index is 0.0553. The van der Waals surface area contributed by atoms with Gasteiger partial charge >= 0.3 is 10.4 Å². The number of carbonyl (C=O) groups is 2. The summed E-state index contributed by atoms with van der Waals surface area (Å²) in [5.41, 5.74) is 16.5. The summed E-state index contributed by atoms with van der Waals surface area (Å²) in [6.45, 7) is 2.89. The Hall–Kier alpha value is -3.68. The lowest BCUT2D eigenvalue weighted by Gasteiger charge is -2.50. The third-order valence-electron chi connectivity index (χ3n) is 6.02. The summed E-state index contributed by atoms with van der Waals surface area (Å²) in [4.78, 5) is 39.1. The molecule has 1 aromatic heterocycles. The number of hydroxylamine groups is 2. The number of rotatable bonds is 15. The van der Waals surface area contributed by atoms with Crippen LogP contribution in [0.25, 0.3) is 0 Å². The van der Waals surface area contributed by atoms with Gasteiger partial charge < -0.3 is 31.9 Å². The number of carbonyl (C=O) groups excluding carboxylic acids is 2. The topological polar surface area (TPSA) is 255 Å². The highest BCUT2D eigenvalue weighted by Crippen LogP contribution is 2.40. The molecule has 0 saturated carbocycles. The van der Waals surface area contributed by atoms with Crippen LogP contribution in [0.5, 0.6) is 5.75 Å². The summed E-state index contributed by atoms with van der Waals surface area (Å²) in [7, 11) is -4.93. The van der Waals surface area contributed by atoms with E-state index >= 15 is 0 Å². The van der Waals surface area contributed by atoms with E-state index in [4.69, 9.17) is 31.3 Å². The minimum atomic E-state index is -4.93. The number of amides is 1. The zero-order chi connectivity index (χ0) is 30.4. The maximum atomic E-state index is 13.1. The van der Waals surface area contributed by atoms with E-state index in [0.717, 1.165) is 11.3 Å². The molecule has 0 unspecified atom stereocenters. The van der Waals surface area contributed by atoms with Gasteiger partial charge in [-0.25, -0.2) is 4.98 Å². The van der Waals surface area contributed by atoms with E-state index in [1.54, 1.807) is 24.3 Å². The largest absolute Gasteiger partial charge is 0.490 e. The number of ketones is 1. The van der Waals surface area contributed by atoms with Crippen molar-refractivity contribution in [2.75, 3.05) is 32.1 Å².